The lowest BCUT2D eigenvalue weighted by atomic mass is 10.2. The van der Waals surface area contributed by atoms with Gasteiger partial charge in [0.15, 0.2) is 11.5 Å². The average Bonchev–Trinajstić information content (AvgIpc) is 3.27. The molecule has 0 saturated carbocycles. The van der Waals surface area contributed by atoms with Gasteiger partial charge in [-0.2, -0.15) is 5.26 Å². The van der Waals surface area contributed by atoms with E-state index in [1.165, 1.54) is 11.3 Å². The molecule has 0 bridgehead atoms. The van der Waals surface area contributed by atoms with Crippen LogP contribution >= 0.6 is 38.6 Å². The Labute approximate surface area is 167 Å². The minimum atomic E-state index is -0.505. The number of rotatable bonds is 5. The molecule has 0 aliphatic rings. The van der Waals surface area contributed by atoms with E-state index >= 15 is 0 Å². The fraction of sp³-hybridized carbons (Fsp3) is 0.167. The highest BCUT2D eigenvalue weighted by atomic mass is 79.9. The van der Waals surface area contributed by atoms with Gasteiger partial charge in [-0.15, -0.1) is 22.7 Å². The number of aromatic nitrogens is 1. The van der Waals surface area contributed by atoms with Gasteiger partial charge in [0.25, 0.3) is 0 Å². The summed E-state index contributed by atoms with van der Waals surface area (Å²) in [6.07, 6.45) is 0. The van der Waals surface area contributed by atoms with Crippen LogP contribution in [0.4, 0.5) is 0 Å². The van der Waals surface area contributed by atoms with Crippen molar-refractivity contribution in [2.75, 3.05) is 6.61 Å². The first kappa shape index (κ1) is 18.6. The van der Waals surface area contributed by atoms with Crippen LogP contribution < -0.4 is 9.47 Å². The van der Waals surface area contributed by atoms with Crippen molar-refractivity contribution in [3.63, 3.8) is 0 Å². The number of nitrogens with zero attached hydrogens (tertiary/aromatic N) is 2. The first-order valence-electron chi connectivity index (χ1n) is 7.63. The molecule has 0 aliphatic carbocycles. The summed E-state index contributed by atoms with van der Waals surface area (Å²) in [4.78, 5) is 18.6. The predicted octanol–water partition coefficient (Wildman–Crippen LogP) is 5.43. The summed E-state index contributed by atoms with van der Waals surface area (Å²) in [6.45, 7) is 3.98. The Hall–Kier alpha value is -2.21. The maximum absolute atomic E-state index is 12.7. The molecule has 2 aromatic heterocycles. The van der Waals surface area contributed by atoms with Crippen molar-refractivity contribution >= 4 is 44.6 Å². The number of ether oxygens (including phenoxy) is 2. The van der Waals surface area contributed by atoms with Crippen LogP contribution in [-0.2, 0) is 0 Å². The average molecular weight is 449 g/mol. The molecule has 0 fully saturated rings. The number of aryl methyl sites for hydroxylation is 1. The van der Waals surface area contributed by atoms with Crippen LogP contribution in [0.25, 0.3) is 9.88 Å². The van der Waals surface area contributed by atoms with Gasteiger partial charge >= 0.3 is 5.97 Å². The van der Waals surface area contributed by atoms with Crippen LogP contribution in [0.3, 0.4) is 0 Å². The van der Waals surface area contributed by atoms with Crippen LogP contribution in [0, 0.1) is 18.3 Å². The largest absolute Gasteiger partial charge is 0.490 e. The predicted molar refractivity (Wildman–Crippen MR) is 105 cm³/mol. The van der Waals surface area contributed by atoms with E-state index in [1.807, 2.05) is 30.5 Å². The molecule has 0 radical (unpaired) electrons. The van der Waals surface area contributed by atoms with E-state index in [1.54, 1.807) is 30.4 Å². The minimum absolute atomic E-state index is 0.251. The van der Waals surface area contributed by atoms with Gasteiger partial charge in [0.05, 0.1) is 33.3 Å². The van der Waals surface area contributed by atoms with Crippen LogP contribution in [0.1, 0.15) is 27.9 Å². The zero-order valence-electron chi connectivity index (χ0n) is 13.9. The van der Waals surface area contributed by atoms with Gasteiger partial charge in [-0.05, 0) is 47.3 Å². The Kier molecular flexibility index (Phi) is 5.71. The van der Waals surface area contributed by atoms with Crippen molar-refractivity contribution in [2.24, 2.45) is 0 Å². The number of thiazole rings is 1. The molecule has 0 amide bonds. The minimum Gasteiger partial charge on any atom is -0.490 e. The number of hydrogen-bond donors (Lipinski definition) is 0. The lowest BCUT2D eigenvalue weighted by Gasteiger charge is -2.12. The molecular weight excluding hydrogens is 436 g/mol. The molecule has 1 aromatic carbocycles. The van der Waals surface area contributed by atoms with Gasteiger partial charge < -0.3 is 9.47 Å². The van der Waals surface area contributed by atoms with Crippen LogP contribution in [0.2, 0.25) is 0 Å². The number of thiophene rings is 1. The number of nitriles is 1. The number of halogens is 1. The third-order valence-electron chi connectivity index (χ3n) is 3.35. The van der Waals surface area contributed by atoms with E-state index in [9.17, 15) is 4.79 Å². The maximum Gasteiger partial charge on any atom is 0.355 e. The SMILES string of the molecule is CCOc1cc(C#N)cc(Br)c1OC(=O)c1sc(-c2cccs2)nc1C. The number of carbonyl (C=O) groups excluding carboxylic acids is 1. The molecule has 0 saturated heterocycles. The summed E-state index contributed by atoms with van der Waals surface area (Å²) >= 11 is 6.21. The molecule has 8 heteroatoms. The van der Waals surface area contributed by atoms with Gasteiger partial charge in [-0.25, -0.2) is 9.78 Å². The van der Waals surface area contributed by atoms with E-state index < -0.39 is 5.97 Å². The first-order chi connectivity index (χ1) is 12.5. The van der Waals surface area contributed by atoms with Crippen LogP contribution in [-0.4, -0.2) is 17.6 Å². The number of carbonyl (C=O) groups is 1. The van der Waals surface area contributed by atoms with Gasteiger partial charge in [0.2, 0.25) is 0 Å². The lowest BCUT2D eigenvalue weighted by Crippen LogP contribution is -2.10. The summed E-state index contributed by atoms with van der Waals surface area (Å²) in [5, 5.41) is 11.8. The highest BCUT2D eigenvalue weighted by molar-refractivity contribution is 9.10. The summed E-state index contributed by atoms with van der Waals surface area (Å²) in [5.74, 6) is 0.0860. The molecule has 0 unspecified atom stereocenters. The molecule has 2 heterocycles. The lowest BCUT2D eigenvalue weighted by molar-refractivity contribution is 0.0731. The highest BCUT2D eigenvalue weighted by Gasteiger charge is 2.22. The smallest absolute Gasteiger partial charge is 0.355 e. The van der Waals surface area contributed by atoms with Crippen molar-refractivity contribution in [3.8, 4) is 27.5 Å². The van der Waals surface area contributed by atoms with Gasteiger partial charge in [0.1, 0.15) is 9.88 Å². The standard InChI is InChI=1S/C18H13BrN2O3S2/c1-3-23-13-8-11(9-20)7-12(19)15(13)24-18(22)16-10(2)21-17(26-16)14-5-4-6-25-14/h4-8H,3H2,1-2H3. The van der Waals surface area contributed by atoms with E-state index in [4.69, 9.17) is 14.7 Å². The normalized spacial score (nSPS) is 10.4. The molecular formula is C18H13BrN2O3S2. The summed E-state index contributed by atoms with van der Waals surface area (Å²) in [7, 11) is 0. The summed E-state index contributed by atoms with van der Waals surface area (Å²) in [6, 6.07) is 9.09. The summed E-state index contributed by atoms with van der Waals surface area (Å²) < 4.78 is 11.6. The Balaban J connectivity index is 1.92. The van der Waals surface area contributed by atoms with Crippen molar-refractivity contribution in [1.29, 1.82) is 5.26 Å². The van der Waals surface area contributed by atoms with Gasteiger partial charge in [0, 0.05) is 6.07 Å². The van der Waals surface area contributed by atoms with Crippen molar-refractivity contribution < 1.29 is 14.3 Å². The topological polar surface area (TPSA) is 72.2 Å². The molecule has 0 atom stereocenters. The fourth-order valence-electron chi connectivity index (χ4n) is 2.23. The van der Waals surface area contributed by atoms with E-state index in [0.717, 1.165) is 9.88 Å². The van der Waals surface area contributed by atoms with Gasteiger partial charge in [-0.3, -0.25) is 0 Å². The fourth-order valence-corrected chi connectivity index (χ4v) is 4.49. The molecule has 0 aliphatic heterocycles. The second-order valence-electron chi connectivity index (χ2n) is 5.13. The van der Waals surface area contributed by atoms with E-state index in [2.05, 4.69) is 20.9 Å². The first-order valence-corrected chi connectivity index (χ1v) is 10.1. The third-order valence-corrected chi connectivity index (χ3v) is 6.11. The monoisotopic (exact) mass is 448 g/mol. The third kappa shape index (κ3) is 3.80. The quantitative estimate of drug-likeness (QED) is 0.384. The molecule has 5 nitrogen and oxygen atoms in total. The maximum atomic E-state index is 12.7. The molecule has 3 aromatic rings. The molecule has 0 spiro atoms. The van der Waals surface area contributed by atoms with Crippen LogP contribution in [0.5, 0.6) is 11.5 Å². The summed E-state index contributed by atoms with van der Waals surface area (Å²) in [5.41, 5.74) is 1.03. The Bertz CT molecular complexity index is 991. The molecule has 132 valence electrons. The van der Waals surface area contributed by atoms with Crippen molar-refractivity contribution in [2.45, 2.75) is 13.8 Å². The Morgan fingerprint density at radius 1 is 1.42 bits per heavy atom. The highest BCUT2D eigenvalue weighted by Crippen LogP contribution is 2.38. The van der Waals surface area contributed by atoms with E-state index in [0.29, 0.717) is 33.0 Å². The zero-order valence-corrected chi connectivity index (χ0v) is 17.1. The molecule has 3 rings (SSSR count). The zero-order chi connectivity index (χ0) is 18.7. The second-order valence-corrected chi connectivity index (χ2v) is 7.93. The molecule has 26 heavy (non-hydrogen) atoms. The van der Waals surface area contributed by atoms with Crippen molar-refractivity contribution in [1.82, 2.24) is 4.98 Å². The van der Waals surface area contributed by atoms with Crippen molar-refractivity contribution in [3.05, 3.63) is 50.3 Å². The Morgan fingerprint density at radius 3 is 2.88 bits per heavy atom. The van der Waals surface area contributed by atoms with Crippen LogP contribution in [0.15, 0.2) is 34.1 Å². The number of hydrogen-bond acceptors (Lipinski definition) is 7. The number of benzene rings is 1. The van der Waals surface area contributed by atoms with Gasteiger partial charge in [-0.1, -0.05) is 6.07 Å². The second kappa shape index (κ2) is 7.99. The Morgan fingerprint density at radius 2 is 2.23 bits per heavy atom. The van der Waals surface area contributed by atoms with E-state index in [-0.39, 0.29) is 5.75 Å². The number of esters is 1. The molecule has 0 N–H and O–H groups in total.